The fourth-order valence-electron chi connectivity index (χ4n) is 3.33. The summed E-state index contributed by atoms with van der Waals surface area (Å²) in [5, 5.41) is 9.59. The summed E-state index contributed by atoms with van der Waals surface area (Å²) in [6.45, 7) is 1.66. The lowest BCUT2D eigenvalue weighted by Crippen LogP contribution is -2.41. The standard InChI is InChI=1S/C23H26N4O2/c1-3-14-29-19-10-8-17(9-11-19)12-13-25-23(24-2)26-16-18-15-22(28)27-21-7-5-4-6-20(18)21/h1,4-11,18H,12-16H2,2H3,(H,27,28)(H2,24,25,26). The van der Waals surface area contributed by atoms with Crippen LogP contribution in [0.1, 0.15) is 23.5 Å². The maximum absolute atomic E-state index is 12.0. The van der Waals surface area contributed by atoms with E-state index in [0.717, 1.165) is 35.9 Å². The first kappa shape index (κ1) is 20.3. The van der Waals surface area contributed by atoms with Crippen molar-refractivity contribution in [1.82, 2.24) is 10.6 Å². The van der Waals surface area contributed by atoms with E-state index in [1.165, 1.54) is 5.56 Å². The SMILES string of the molecule is C#CCOc1ccc(CCNC(=NC)NCC2CC(=O)Nc3ccccc32)cc1. The topological polar surface area (TPSA) is 74.8 Å². The minimum atomic E-state index is 0.0492. The van der Waals surface area contributed by atoms with Gasteiger partial charge in [-0.3, -0.25) is 9.79 Å². The van der Waals surface area contributed by atoms with Crippen molar-refractivity contribution in [3.8, 4) is 18.1 Å². The summed E-state index contributed by atoms with van der Waals surface area (Å²) >= 11 is 0. The molecule has 150 valence electrons. The van der Waals surface area contributed by atoms with E-state index in [1.807, 2.05) is 42.5 Å². The number of aliphatic imine (C=N–C) groups is 1. The fourth-order valence-corrected chi connectivity index (χ4v) is 3.33. The maximum atomic E-state index is 12.0. The monoisotopic (exact) mass is 390 g/mol. The molecule has 1 heterocycles. The molecular formula is C23H26N4O2. The van der Waals surface area contributed by atoms with Crippen molar-refractivity contribution in [2.45, 2.75) is 18.8 Å². The zero-order valence-electron chi connectivity index (χ0n) is 16.6. The van der Waals surface area contributed by atoms with Crippen LogP contribution >= 0.6 is 0 Å². The molecule has 0 spiro atoms. The Morgan fingerprint density at radius 3 is 2.79 bits per heavy atom. The van der Waals surface area contributed by atoms with E-state index in [-0.39, 0.29) is 18.4 Å². The van der Waals surface area contributed by atoms with Crippen LogP contribution in [-0.4, -0.2) is 38.6 Å². The van der Waals surface area contributed by atoms with Crippen molar-refractivity contribution in [2.75, 3.05) is 32.1 Å². The second-order valence-corrected chi connectivity index (χ2v) is 6.80. The van der Waals surface area contributed by atoms with E-state index in [9.17, 15) is 4.79 Å². The van der Waals surface area contributed by atoms with E-state index in [1.54, 1.807) is 7.05 Å². The van der Waals surface area contributed by atoms with Gasteiger partial charge >= 0.3 is 0 Å². The number of benzene rings is 2. The molecule has 0 aliphatic carbocycles. The van der Waals surface area contributed by atoms with Gasteiger partial charge in [-0.2, -0.15) is 0 Å². The second kappa shape index (κ2) is 10.2. The summed E-state index contributed by atoms with van der Waals surface area (Å²) < 4.78 is 5.38. The Hall–Kier alpha value is -3.46. The summed E-state index contributed by atoms with van der Waals surface area (Å²) in [7, 11) is 1.74. The number of carbonyl (C=O) groups excluding carboxylic acids is 1. The number of anilines is 1. The number of para-hydroxylation sites is 1. The van der Waals surface area contributed by atoms with Crippen LogP contribution in [0.4, 0.5) is 5.69 Å². The third kappa shape index (κ3) is 5.76. The number of amides is 1. The Morgan fingerprint density at radius 2 is 2.03 bits per heavy atom. The molecule has 29 heavy (non-hydrogen) atoms. The number of hydrogen-bond donors (Lipinski definition) is 3. The zero-order valence-corrected chi connectivity index (χ0v) is 16.6. The molecule has 0 saturated heterocycles. The van der Waals surface area contributed by atoms with E-state index in [4.69, 9.17) is 11.2 Å². The van der Waals surface area contributed by atoms with Gasteiger partial charge in [0.2, 0.25) is 5.91 Å². The lowest BCUT2D eigenvalue weighted by atomic mass is 9.90. The van der Waals surface area contributed by atoms with Crippen molar-refractivity contribution < 1.29 is 9.53 Å². The lowest BCUT2D eigenvalue weighted by Gasteiger charge is -2.26. The van der Waals surface area contributed by atoms with Crippen LogP contribution in [0.2, 0.25) is 0 Å². The molecule has 2 aromatic carbocycles. The fraction of sp³-hybridized carbons (Fsp3) is 0.304. The molecule has 0 saturated carbocycles. The molecule has 0 fully saturated rings. The van der Waals surface area contributed by atoms with Crippen molar-refractivity contribution in [3.05, 3.63) is 59.7 Å². The first-order chi connectivity index (χ1) is 14.2. The van der Waals surface area contributed by atoms with Crippen LogP contribution < -0.4 is 20.7 Å². The number of terminal acetylenes is 1. The van der Waals surface area contributed by atoms with Crippen LogP contribution in [0, 0.1) is 12.3 Å². The summed E-state index contributed by atoms with van der Waals surface area (Å²) in [4.78, 5) is 16.2. The third-order valence-electron chi connectivity index (χ3n) is 4.80. The third-order valence-corrected chi connectivity index (χ3v) is 4.80. The molecule has 0 radical (unpaired) electrons. The highest BCUT2D eigenvalue weighted by atomic mass is 16.5. The summed E-state index contributed by atoms with van der Waals surface area (Å²) in [6.07, 6.45) is 6.52. The van der Waals surface area contributed by atoms with Gasteiger partial charge in [-0.1, -0.05) is 36.3 Å². The molecule has 1 amide bonds. The molecule has 1 unspecified atom stereocenters. The smallest absolute Gasteiger partial charge is 0.225 e. The number of nitrogens with one attached hydrogen (secondary N) is 3. The van der Waals surface area contributed by atoms with E-state index >= 15 is 0 Å². The van der Waals surface area contributed by atoms with E-state index in [0.29, 0.717) is 13.0 Å². The molecule has 1 aliphatic rings. The average molecular weight is 390 g/mol. The number of nitrogens with zero attached hydrogens (tertiary/aromatic N) is 1. The number of ether oxygens (including phenoxy) is 1. The Morgan fingerprint density at radius 1 is 1.24 bits per heavy atom. The predicted octanol–water partition coefficient (Wildman–Crippen LogP) is 2.53. The first-order valence-corrected chi connectivity index (χ1v) is 9.68. The van der Waals surface area contributed by atoms with Crippen molar-refractivity contribution >= 4 is 17.6 Å². The minimum Gasteiger partial charge on any atom is -0.481 e. The average Bonchev–Trinajstić information content (AvgIpc) is 2.75. The highest BCUT2D eigenvalue weighted by molar-refractivity contribution is 5.94. The molecule has 0 aromatic heterocycles. The van der Waals surface area contributed by atoms with Crippen molar-refractivity contribution in [2.24, 2.45) is 4.99 Å². The Bertz CT molecular complexity index is 900. The highest BCUT2D eigenvalue weighted by Crippen LogP contribution is 2.31. The molecule has 3 rings (SSSR count). The van der Waals surface area contributed by atoms with Crippen LogP contribution in [0.25, 0.3) is 0 Å². The Kier molecular flexibility index (Phi) is 7.12. The minimum absolute atomic E-state index is 0.0492. The Balaban J connectivity index is 1.47. The normalized spacial score (nSPS) is 15.7. The van der Waals surface area contributed by atoms with Gasteiger partial charge in [-0.15, -0.1) is 6.42 Å². The van der Waals surface area contributed by atoms with Gasteiger partial charge in [0.15, 0.2) is 5.96 Å². The van der Waals surface area contributed by atoms with E-state index < -0.39 is 0 Å². The van der Waals surface area contributed by atoms with Crippen molar-refractivity contribution in [1.29, 1.82) is 0 Å². The molecule has 6 nitrogen and oxygen atoms in total. The molecule has 1 aliphatic heterocycles. The quantitative estimate of drug-likeness (QED) is 0.386. The molecule has 1 atom stereocenters. The molecule has 2 aromatic rings. The maximum Gasteiger partial charge on any atom is 0.225 e. The highest BCUT2D eigenvalue weighted by Gasteiger charge is 2.24. The number of carbonyl (C=O) groups is 1. The van der Waals surface area contributed by atoms with E-state index in [2.05, 4.69) is 32.9 Å². The molecule has 6 heteroatoms. The number of guanidine groups is 1. The van der Waals surface area contributed by atoms with Gasteiger partial charge in [0.1, 0.15) is 12.4 Å². The summed E-state index contributed by atoms with van der Waals surface area (Å²) in [5.41, 5.74) is 3.24. The van der Waals surface area contributed by atoms with Crippen LogP contribution in [0.5, 0.6) is 5.75 Å². The lowest BCUT2D eigenvalue weighted by molar-refractivity contribution is -0.116. The van der Waals surface area contributed by atoms with Crippen LogP contribution in [0.3, 0.4) is 0 Å². The molecule has 0 bridgehead atoms. The van der Waals surface area contributed by atoms with Gasteiger partial charge in [-0.05, 0) is 35.7 Å². The molecular weight excluding hydrogens is 364 g/mol. The van der Waals surface area contributed by atoms with Gasteiger partial charge in [0, 0.05) is 38.2 Å². The largest absolute Gasteiger partial charge is 0.481 e. The summed E-state index contributed by atoms with van der Waals surface area (Å²) in [6, 6.07) is 15.8. The second-order valence-electron chi connectivity index (χ2n) is 6.80. The van der Waals surface area contributed by atoms with Gasteiger partial charge in [0.05, 0.1) is 0 Å². The van der Waals surface area contributed by atoms with Gasteiger partial charge < -0.3 is 20.7 Å². The van der Waals surface area contributed by atoms with Crippen molar-refractivity contribution in [3.63, 3.8) is 0 Å². The molecule has 3 N–H and O–H groups in total. The number of fused-ring (bicyclic) bond motifs is 1. The number of hydrogen-bond acceptors (Lipinski definition) is 3. The van der Waals surface area contributed by atoms with Gasteiger partial charge in [0.25, 0.3) is 0 Å². The Labute approximate surface area is 171 Å². The number of rotatable bonds is 7. The predicted molar refractivity (Wildman–Crippen MR) is 116 cm³/mol. The van der Waals surface area contributed by atoms with Crippen LogP contribution in [0.15, 0.2) is 53.5 Å². The zero-order chi connectivity index (χ0) is 20.5. The first-order valence-electron chi connectivity index (χ1n) is 9.68. The van der Waals surface area contributed by atoms with Crippen LogP contribution in [-0.2, 0) is 11.2 Å². The van der Waals surface area contributed by atoms with Gasteiger partial charge in [-0.25, -0.2) is 0 Å². The summed E-state index contributed by atoms with van der Waals surface area (Å²) in [5.74, 6) is 4.12.